The molecule has 1 aliphatic heterocycles. The van der Waals surface area contributed by atoms with Crippen molar-refractivity contribution in [3.8, 4) is 5.75 Å². The molecule has 2 aromatic carbocycles. The minimum absolute atomic E-state index is 0.0834. The lowest BCUT2D eigenvalue weighted by Gasteiger charge is -2.16. The van der Waals surface area contributed by atoms with Crippen LogP contribution in [-0.4, -0.2) is 36.9 Å². The van der Waals surface area contributed by atoms with Crippen molar-refractivity contribution in [2.75, 3.05) is 29.1 Å². The molecule has 0 bridgehead atoms. The van der Waals surface area contributed by atoms with Crippen molar-refractivity contribution in [2.45, 2.75) is 23.9 Å². The molecular weight excluding hydrogens is 405 g/mol. The third-order valence-corrected chi connectivity index (χ3v) is 5.28. The molecule has 0 unspecified atom stereocenters. The Morgan fingerprint density at radius 1 is 1.14 bits per heavy atom. The lowest BCUT2D eigenvalue weighted by molar-refractivity contribution is -0.118. The average molecular weight is 424 g/mol. The van der Waals surface area contributed by atoms with E-state index in [0.29, 0.717) is 41.1 Å². The Labute approximate surface area is 170 Å². The number of nitrogens with one attached hydrogen (secondary N) is 1. The third-order valence-electron chi connectivity index (χ3n) is 4.14. The highest BCUT2D eigenvalue weighted by Crippen LogP contribution is 2.32. The summed E-state index contributed by atoms with van der Waals surface area (Å²) >= 11 is 0.612. The van der Waals surface area contributed by atoms with Crippen LogP contribution in [0.25, 0.3) is 0 Å². The second kappa shape index (κ2) is 9.21. The summed E-state index contributed by atoms with van der Waals surface area (Å²) in [5.41, 5.74) is 1.08. The highest BCUT2D eigenvalue weighted by atomic mass is 32.2. The summed E-state index contributed by atoms with van der Waals surface area (Å²) < 4.78 is 42.8. The topological polar surface area (TPSA) is 58.6 Å². The van der Waals surface area contributed by atoms with Crippen LogP contribution in [-0.2, 0) is 9.59 Å². The summed E-state index contributed by atoms with van der Waals surface area (Å²) in [7, 11) is 0. The van der Waals surface area contributed by atoms with E-state index in [1.807, 2.05) is 0 Å². The lowest BCUT2D eigenvalue weighted by Crippen LogP contribution is -2.23. The average Bonchev–Trinajstić information content (AvgIpc) is 3.11. The number of rotatable bonds is 7. The molecule has 9 heteroatoms. The zero-order chi connectivity index (χ0) is 20.9. The molecule has 5 nitrogen and oxygen atoms in total. The number of benzene rings is 2. The molecule has 154 valence electrons. The highest BCUT2D eigenvalue weighted by molar-refractivity contribution is 7.99. The molecule has 3 rings (SSSR count). The Kier molecular flexibility index (Phi) is 6.68. The van der Waals surface area contributed by atoms with Crippen molar-refractivity contribution in [3.63, 3.8) is 0 Å². The predicted octanol–water partition coefficient (Wildman–Crippen LogP) is 4.49. The molecule has 1 heterocycles. The minimum atomic E-state index is -4.29. The number of para-hydroxylation sites is 1. The molecule has 0 atom stereocenters. The fourth-order valence-electron chi connectivity index (χ4n) is 2.83. The number of hydrogen-bond acceptors (Lipinski definition) is 4. The van der Waals surface area contributed by atoms with Gasteiger partial charge in [0.1, 0.15) is 5.75 Å². The summed E-state index contributed by atoms with van der Waals surface area (Å²) in [5, 5.41) is 2.57. The Balaban J connectivity index is 1.53. The molecule has 1 saturated heterocycles. The first-order chi connectivity index (χ1) is 13.8. The number of hydrogen-bond donors (Lipinski definition) is 1. The van der Waals surface area contributed by atoms with Gasteiger partial charge in [-0.2, -0.15) is 13.2 Å². The van der Waals surface area contributed by atoms with Crippen molar-refractivity contribution in [2.24, 2.45) is 0 Å². The molecule has 0 aromatic heterocycles. The van der Waals surface area contributed by atoms with Crippen LogP contribution >= 0.6 is 11.8 Å². The fourth-order valence-corrected chi connectivity index (χ4v) is 3.60. The maximum absolute atomic E-state index is 12.4. The van der Waals surface area contributed by atoms with Crippen LogP contribution in [0.2, 0.25) is 0 Å². The van der Waals surface area contributed by atoms with Gasteiger partial charge in [-0.25, -0.2) is 0 Å². The van der Waals surface area contributed by atoms with Crippen molar-refractivity contribution < 1.29 is 27.5 Å². The predicted molar refractivity (Wildman–Crippen MR) is 105 cm³/mol. The summed E-state index contributed by atoms with van der Waals surface area (Å²) in [5.74, 6) is -0.985. The molecule has 0 aliphatic carbocycles. The van der Waals surface area contributed by atoms with E-state index in [2.05, 4.69) is 5.32 Å². The number of carbonyl (C=O) groups excluding carboxylic acids is 2. The summed E-state index contributed by atoms with van der Waals surface area (Å²) in [6, 6.07) is 13.1. The maximum atomic E-state index is 12.4. The van der Waals surface area contributed by atoms with Gasteiger partial charge in [-0.05, 0) is 42.8 Å². The summed E-state index contributed by atoms with van der Waals surface area (Å²) in [4.78, 5) is 25.9. The zero-order valence-electron chi connectivity index (χ0n) is 15.4. The van der Waals surface area contributed by atoms with E-state index in [0.717, 1.165) is 12.1 Å². The van der Waals surface area contributed by atoms with Gasteiger partial charge in [-0.15, -0.1) is 11.8 Å². The smallest absolute Gasteiger partial charge is 0.398 e. The van der Waals surface area contributed by atoms with E-state index < -0.39 is 17.8 Å². The summed E-state index contributed by atoms with van der Waals surface area (Å²) in [6.07, 6.45) is -2.92. The number of nitrogens with zero attached hydrogens (tertiary/aromatic N) is 1. The lowest BCUT2D eigenvalue weighted by atomic mass is 10.3. The second-order valence-corrected chi connectivity index (χ2v) is 7.40. The molecule has 1 fully saturated rings. The van der Waals surface area contributed by atoms with E-state index in [9.17, 15) is 22.8 Å². The number of carbonyl (C=O) groups is 2. The molecule has 1 N–H and O–H groups in total. The van der Waals surface area contributed by atoms with Crippen LogP contribution in [0.5, 0.6) is 5.75 Å². The maximum Gasteiger partial charge on any atom is 0.398 e. The Morgan fingerprint density at radius 3 is 2.52 bits per heavy atom. The van der Waals surface area contributed by atoms with Gasteiger partial charge in [0.2, 0.25) is 5.91 Å². The van der Waals surface area contributed by atoms with Crippen molar-refractivity contribution in [3.05, 3.63) is 48.5 Å². The van der Waals surface area contributed by atoms with Crippen molar-refractivity contribution >= 4 is 35.0 Å². The van der Waals surface area contributed by atoms with Gasteiger partial charge in [0.05, 0.1) is 11.4 Å². The van der Waals surface area contributed by atoms with E-state index in [4.69, 9.17) is 4.74 Å². The number of alkyl halides is 3. The van der Waals surface area contributed by atoms with Gasteiger partial charge >= 0.3 is 6.18 Å². The van der Waals surface area contributed by atoms with Crippen LogP contribution in [0.15, 0.2) is 53.4 Å². The molecule has 2 amide bonds. The van der Waals surface area contributed by atoms with Gasteiger partial charge in [0, 0.05) is 23.5 Å². The Hall–Kier alpha value is -2.68. The van der Waals surface area contributed by atoms with E-state index in [1.54, 1.807) is 47.4 Å². The first kappa shape index (κ1) is 21.0. The normalized spacial score (nSPS) is 14.2. The molecule has 0 spiro atoms. The van der Waals surface area contributed by atoms with Crippen LogP contribution < -0.4 is 15.0 Å². The van der Waals surface area contributed by atoms with E-state index in [1.165, 1.54) is 6.07 Å². The molecule has 0 radical (unpaired) electrons. The van der Waals surface area contributed by atoms with Gasteiger partial charge in [0.25, 0.3) is 5.91 Å². The van der Waals surface area contributed by atoms with Gasteiger partial charge in [-0.3, -0.25) is 9.59 Å². The molecule has 1 aliphatic rings. The quantitative estimate of drug-likeness (QED) is 0.666. The molecule has 29 heavy (non-hydrogen) atoms. The third kappa shape index (κ3) is 6.15. The standard InChI is InChI=1S/C20H19F3N2O3S/c21-20(22,23)13-29-17-5-2-1-4-16(17)24-18(26)12-28-15-9-7-14(8-10-15)25-11-3-6-19(25)27/h1-2,4-5,7-10H,3,6,11-13H2,(H,24,26). The highest BCUT2D eigenvalue weighted by Gasteiger charge is 2.27. The van der Waals surface area contributed by atoms with Gasteiger partial charge in [0.15, 0.2) is 6.61 Å². The van der Waals surface area contributed by atoms with Crippen LogP contribution in [0.1, 0.15) is 12.8 Å². The van der Waals surface area contributed by atoms with Crippen LogP contribution in [0.3, 0.4) is 0 Å². The Bertz CT molecular complexity index is 872. The van der Waals surface area contributed by atoms with Gasteiger partial charge < -0.3 is 15.0 Å². The monoisotopic (exact) mass is 424 g/mol. The van der Waals surface area contributed by atoms with Crippen LogP contribution in [0, 0.1) is 0 Å². The van der Waals surface area contributed by atoms with Crippen LogP contribution in [0.4, 0.5) is 24.5 Å². The largest absolute Gasteiger partial charge is 0.484 e. The molecule has 2 aromatic rings. The zero-order valence-corrected chi connectivity index (χ0v) is 16.2. The minimum Gasteiger partial charge on any atom is -0.484 e. The molecular formula is C20H19F3N2O3S. The van der Waals surface area contributed by atoms with E-state index in [-0.39, 0.29) is 12.5 Å². The second-order valence-electron chi connectivity index (χ2n) is 6.38. The number of ether oxygens (including phenoxy) is 1. The van der Waals surface area contributed by atoms with E-state index >= 15 is 0 Å². The first-order valence-corrected chi connectivity index (χ1v) is 9.92. The summed E-state index contributed by atoms with van der Waals surface area (Å²) in [6.45, 7) is 0.396. The van der Waals surface area contributed by atoms with Crippen molar-refractivity contribution in [1.82, 2.24) is 0 Å². The fraction of sp³-hybridized carbons (Fsp3) is 0.300. The SMILES string of the molecule is O=C(COc1ccc(N2CCCC2=O)cc1)Nc1ccccc1SCC(F)(F)F. The molecule has 0 saturated carbocycles. The number of halogens is 3. The number of anilines is 2. The first-order valence-electron chi connectivity index (χ1n) is 8.93. The van der Waals surface area contributed by atoms with Crippen molar-refractivity contribution in [1.29, 1.82) is 0 Å². The Morgan fingerprint density at radius 2 is 1.86 bits per heavy atom. The van der Waals surface area contributed by atoms with Gasteiger partial charge in [-0.1, -0.05) is 12.1 Å². The number of amides is 2. The number of thioether (sulfide) groups is 1.